The predicted molar refractivity (Wildman–Crippen MR) is 88.5 cm³/mol. The van der Waals surface area contributed by atoms with E-state index in [1.54, 1.807) is 13.0 Å². The third kappa shape index (κ3) is 3.77. The quantitative estimate of drug-likeness (QED) is 0.829. The first-order valence-electron chi connectivity index (χ1n) is 6.86. The van der Waals surface area contributed by atoms with Crippen molar-refractivity contribution < 1.29 is 27.8 Å². The standard InChI is InChI=1S/C16H17NO6S/c1-10-4-5-14(9-15(10)16(18)19)24(20,21)17-11-6-12(22-2)8-13(7-11)23-3/h4-9,17H,1-3H3,(H,18,19). The molecule has 0 aromatic heterocycles. The number of aryl methyl sites for hydroxylation is 1. The molecular weight excluding hydrogens is 334 g/mol. The Labute approximate surface area is 139 Å². The van der Waals surface area contributed by atoms with Gasteiger partial charge in [-0.05, 0) is 24.6 Å². The number of aromatic carboxylic acids is 1. The van der Waals surface area contributed by atoms with Crippen molar-refractivity contribution in [1.29, 1.82) is 0 Å². The number of sulfonamides is 1. The van der Waals surface area contributed by atoms with Gasteiger partial charge >= 0.3 is 5.97 Å². The largest absolute Gasteiger partial charge is 0.497 e. The molecule has 2 N–H and O–H groups in total. The van der Waals surface area contributed by atoms with E-state index in [2.05, 4.69) is 4.72 Å². The van der Waals surface area contributed by atoms with Crippen LogP contribution in [-0.4, -0.2) is 33.7 Å². The molecule has 0 bridgehead atoms. The SMILES string of the molecule is COc1cc(NS(=O)(=O)c2ccc(C)c(C(=O)O)c2)cc(OC)c1. The van der Waals surface area contributed by atoms with Gasteiger partial charge in [0, 0.05) is 18.2 Å². The zero-order valence-corrected chi connectivity index (χ0v) is 14.2. The molecule has 2 aromatic rings. The maximum atomic E-state index is 12.5. The molecule has 0 unspecified atom stereocenters. The van der Waals surface area contributed by atoms with Crippen molar-refractivity contribution in [3.8, 4) is 11.5 Å². The number of ether oxygens (including phenoxy) is 2. The van der Waals surface area contributed by atoms with E-state index in [0.717, 1.165) is 6.07 Å². The average Bonchev–Trinajstić information content (AvgIpc) is 2.53. The van der Waals surface area contributed by atoms with Gasteiger partial charge in [-0.15, -0.1) is 0 Å². The van der Waals surface area contributed by atoms with Crippen LogP contribution in [0.25, 0.3) is 0 Å². The summed E-state index contributed by atoms with van der Waals surface area (Å²) in [5.41, 5.74) is 0.647. The highest BCUT2D eigenvalue weighted by Gasteiger charge is 2.18. The van der Waals surface area contributed by atoms with E-state index in [1.807, 2.05) is 0 Å². The Balaban J connectivity index is 2.42. The van der Waals surface area contributed by atoms with Crippen LogP contribution in [0, 0.1) is 6.92 Å². The van der Waals surface area contributed by atoms with E-state index in [-0.39, 0.29) is 16.1 Å². The third-order valence-corrected chi connectivity index (χ3v) is 4.73. The zero-order valence-electron chi connectivity index (χ0n) is 13.4. The fraction of sp³-hybridized carbons (Fsp3) is 0.188. The van der Waals surface area contributed by atoms with Crippen molar-refractivity contribution in [2.75, 3.05) is 18.9 Å². The maximum absolute atomic E-state index is 12.5. The van der Waals surface area contributed by atoms with Crippen LogP contribution in [0.15, 0.2) is 41.3 Å². The summed E-state index contributed by atoms with van der Waals surface area (Å²) in [4.78, 5) is 11.0. The summed E-state index contributed by atoms with van der Waals surface area (Å²) in [6.07, 6.45) is 0. The molecular formula is C16H17NO6S. The molecule has 0 spiro atoms. The van der Waals surface area contributed by atoms with Crippen molar-refractivity contribution in [3.63, 3.8) is 0 Å². The zero-order chi connectivity index (χ0) is 17.9. The van der Waals surface area contributed by atoms with E-state index in [0.29, 0.717) is 17.1 Å². The summed E-state index contributed by atoms with van der Waals surface area (Å²) in [5, 5.41) is 9.13. The van der Waals surface area contributed by atoms with Crippen LogP contribution in [0.3, 0.4) is 0 Å². The number of carboxylic acids is 1. The molecule has 0 atom stereocenters. The molecule has 2 rings (SSSR count). The minimum absolute atomic E-state index is 0.0684. The monoisotopic (exact) mass is 351 g/mol. The van der Waals surface area contributed by atoms with Crippen LogP contribution in [0.4, 0.5) is 5.69 Å². The fourth-order valence-corrected chi connectivity index (χ4v) is 3.15. The molecule has 0 aliphatic rings. The van der Waals surface area contributed by atoms with Gasteiger partial charge in [-0.1, -0.05) is 6.07 Å². The highest BCUT2D eigenvalue weighted by atomic mass is 32.2. The molecule has 0 amide bonds. The first kappa shape index (κ1) is 17.6. The van der Waals surface area contributed by atoms with Gasteiger partial charge in [0.15, 0.2) is 0 Å². The molecule has 7 nitrogen and oxygen atoms in total. The summed E-state index contributed by atoms with van der Waals surface area (Å²) >= 11 is 0. The first-order chi connectivity index (χ1) is 11.3. The minimum atomic E-state index is -3.96. The number of nitrogens with one attached hydrogen (secondary N) is 1. The lowest BCUT2D eigenvalue weighted by atomic mass is 10.1. The van der Waals surface area contributed by atoms with E-state index >= 15 is 0 Å². The Morgan fingerprint density at radius 2 is 1.62 bits per heavy atom. The van der Waals surface area contributed by atoms with Crippen LogP contribution in [0.2, 0.25) is 0 Å². The lowest BCUT2D eigenvalue weighted by Crippen LogP contribution is -2.14. The number of anilines is 1. The summed E-state index contributed by atoms with van der Waals surface area (Å²) in [5.74, 6) is -0.350. The van der Waals surface area contributed by atoms with Crippen molar-refractivity contribution >= 4 is 21.7 Å². The van der Waals surface area contributed by atoms with Crippen LogP contribution >= 0.6 is 0 Å². The number of carbonyl (C=O) groups is 1. The Kier molecular flexibility index (Phi) is 4.99. The Morgan fingerprint density at radius 3 is 2.12 bits per heavy atom. The van der Waals surface area contributed by atoms with Crippen LogP contribution in [-0.2, 0) is 10.0 Å². The number of hydrogen-bond acceptors (Lipinski definition) is 5. The fourth-order valence-electron chi connectivity index (χ4n) is 2.08. The van der Waals surface area contributed by atoms with Gasteiger partial charge in [0.25, 0.3) is 10.0 Å². The number of benzene rings is 2. The summed E-state index contributed by atoms with van der Waals surface area (Å²) < 4.78 is 37.6. The molecule has 0 aliphatic carbocycles. The second-order valence-electron chi connectivity index (χ2n) is 4.99. The van der Waals surface area contributed by atoms with Crippen molar-refractivity contribution in [3.05, 3.63) is 47.5 Å². The van der Waals surface area contributed by atoms with Gasteiger partial charge in [-0.25, -0.2) is 13.2 Å². The van der Waals surface area contributed by atoms with Gasteiger partial charge in [-0.2, -0.15) is 0 Å². The Hall–Kier alpha value is -2.74. The van der Waals surface area contributed by atoms with Crippen LogP contribution in [0.5, 0.6) is 11.5 Å². The maximum Gasteiger partial charge on any atom is 0.335 e. The second kappa shape index (κ2) is 6.79. The van der Waals surface area contributed by atoms with Crippen molar-refractivity contribution in [1.82, 2.24) is 0 Å². The number of rotatable bonds is 6. The number of hydrogen-bond donors (Lipinski definition) is 2. The number of carboxylic acid groups (broad SMARTS) is 1. The van der Waals surface area contributed by atoms with Gasteiger partial charge in [-0.3, -0.25) is 4.72 Å². The first-order valence-corrected chi connectivity index (χ1v) is 8.35. The van der Waals surface area contributed by atoms with Crippen LogP contribution in [0.1, 0.15) is 15.9 Å². The van der Waals surface area contributed by atoms with Crippen molar-refractivity contribution in [2.24, 2.45) is 0 Å². The van der Waals surface area contributed by atoms with E-state index in [1.165, 1.54) is 38.5 Å². The topological polar surface area (TPSA) is 102 Å². The van der Waals surface area contributed by atoms with E-state index in [4.69, 9.17) is 14.6 Å². The summed E-state index contributed by atoms with van der Waals surface area (Å²) in [6, 6.07) is 8.51. The Bertz CT molecular complexity index is 854. The van der Waals surface area contributed by atoms with Gasteiger partial charge in [0.2, 0.25) is 0 Å². The summed E-state index contributed by atoms with van der Waals surface area (Å²) in [6.45, 7) is 1.60. The molecule has 128 valence electrons. The number of methoxy groups -OCH3 is 2. The molecule has 24 heavy (non-hydrogen) atoms. The summed E-state index contributed by atoms with van der Waals surface area (Å²) in [7, 11) is -1.06. The van der Waals surface area contributed by atoms with Crippen LogP contribution < -0.4 is 14.2 Å². The third-order valence-electron chi connectivity index (χ3n) is 3.35. The minimum Gasteiger partial charge on any atom is -0.497 e. The Morgan fingerprint density at radius 1 is 1.04 bits per heavy atom. The van der Waals surface area contributed by atoms with E-state index < -0.39 is 16.0 Å². The molecule has 8 heteroatoms. The van der Waals surface area contributed by atoms with Gasteiger partial charge in [0.05, 0.1) is 30.4 Å². The average molecular weight is 351 g/mol. The lowest BCUT2D eigenvalue weighted by molar-refractivity contribution is 0.0696. The molecule has 0 fully saturated rings. The predicted octanol–water partition coefficient (Wildman–Crippen LogP) is 2.51. The molecule has 0 aliphatic heterocycles. The van der Waals surface area contributed by atoms with Gasteiger partial charge < -0.3 is 14.6 Å². The van der Waals surface area contributed by atoms with E-state index in [9.17, 15) is 13.2 Å². The highest BCUT2D eigenvalue weighted by Crippen LogP contribution is 2.28. The second-order valence-corrected chi connectivity index (χ2v) is 6.67. The smallest absolute Gasteiger partial charge is 0.335 e. The highest BCUT2D eigenvalue weighted by molar-refractivity contribution is 7.92. The van der Waals surface area contributed by atoms with Crippen molar-refractivity contribution in [2.45, 2.75) is 11.8 Å². The molecule has 0 radical (unpaired) electrons. The lowest BCUT2D eigenvalue weighted by Gasteiger charge is -2.12. The normalized spacial score (nSPS) is 11.0. The molecule has 0 saturated carbocycles. The molecule has 2 aromatic carbocycles. The molecule has 0 heterocycles. The molecule has 0 saturated heterocycles. The van der Waals surface area contributed by atoms with Gasteiger partial charge in [0.1, 0.15) is 11.5 Å².